The Bertz CT molecular complexity index is 614. The molecule has 6 N–H and O–H groups in total. The summed E-state index contributed by atoms with van der Waals surface area (Å²) >= 11 is 0. The highest BCUT2D eigenvalue weighted by atomic mass is 16.1. The maximum absolute atomic E-state index is 11.7. The Morgan fingerprint density at radius 3 is 2.63 bits per heavy atom. The summed E-state index contributed by atoms with van der Waals surface area (Å²) in [4.78, 5) is 25.5. The molecule has 0 spiro atoms. The number of aromatic amines is 2. The summed E-state index contributed by atoms with van der Waals surface area (Å²) in [5.41, 5.74) is 11.7. The third-order valence-corrected chi connectivity index (χ3v) is 3.16. The number of anilines is 1. The fourth-order valence-electron chi connectivity index (χ4n) is 2.06. The molecule has 0 saturated heterocycles. The summed E-state index contributed by atoms with van der Waals surface area (Å²) in [5, 5.41) is 0. The van der Waals surface area contributed by atoms with E-state index in [4.69, 9.17) is 11.5 Å². The van der Waals surface area contributed by atoms with Crippen LogP contribution in [0.5, 0.6) is 0 Å². The molecule has 0 fully saturated rings. The number of aromatic nitrogens is 4. The minimum absolute atomic E-state index is 0.0835. The van der Waals surface area contributed by atoms with Crippen LogP contribution in [0.2, 0.25) is 0 Å². The average Bonchev–Trinajstić information content (AvgIpc) is 2.72. The monoisotopic (exact) mass is 264 g/mol. The van der Waals surface area contributed by atoms with E-state index in [1.54, 1.807) is 0 Å². The van der Waals surface area contributed by atoms with Crippen LogP contribution in [0.1, 0.15) is 44.9 Å². The zero-order valence-electron chi connectivity index (χ0n) is 11.2. The molecule has 19 heavy (non-hydrogen) atoms. The van der Waals surface area contributed by atoms with Crippen LogP contribution < -0.4 is 17.0 Å². The van der Waals surface area contributed by atoms with Crippen LogP contribution in [0.4, 0.5) is 5.95 Å². The molecule has 2 unspecified atom stereocenters. The molecule has 0 aliphatic heterocycles. The summed E-state index contributed by atoms with van der Waals surface area (Å²) in [7, 11) is 0. The van der Waals surface area contributed by atoms with E-state index in [2.05, 4.69) is 26.9 Å². The van der Waals surface area contributed by atoms with Crippen LogP contribution in [0, 0.1) is 0 Å². The quantitative estimate of drug-likeness (QED) is 0.636. The van der Waals surface area contributed by atoms with Gasteiger partial charge in [0.25, 0.3) is 5.56 Å². The van der Waals surface area contributed by atoms with Crippen molar-refractivity contribution in [2.75, 3.05) is 5.73 Å². The molecule has 0 aliphatic rings. The molecule has 2 heterocycles. The summed E-state index contributed by atoms with van der Waals surface area (Å²) < 4.78 is 0. The van der Waals surface area contributed by atoms with Crippen molar-refractivity contribution >= 4 is 17.1 Å². The van der Waals surface area contributed by atoms with Gasteiger partial charge in [-0.3, -0.25) is 9.78 Å². The van der Waals surface area contributed by atoms with Gasteiger partial charge in [0.15, 0.2) is 11.2 Å². The van der Waals surface area contributed by atoms with E-state index in [0.717, 1.165) is 25.1 Å². The molecule has 104 valence electrons. The molecule has 0 bridgehead atoms. The maximum Gasteiger partial charge on any atom is 0.278 e. The molecule has 2 rings (SSSR count). The zero-order valence-corrected chi connectivity index (χ0v) is 11.2. The molecule has 0 saturated carbocycles. The largest absolute Gasteiger partial charge is 0.369 e. The van der Waals surface area contributed by atoms with E-state index in [-0.39, 0.29) is 23.5 Å². The van der Waals surface area contributed by atoms with Crippen LogP contribution in [0.15, 0.2) is 4.79 Å². The number of nitrogen functional groups attached to an aromatic ring is 1. The lowest BCUT2D eigenvalue weighted by Gasteiger charge is -2.09. The van der Waals surface area contributed by atoms with Gasteiger partial charge >= 0.3 is 0 Å². The third-order valence-electron chi connectivity index (χ3n) is 3.16. The van der Waals surface area contributed by atoms with Gasteiger partial charge in [-0.05, 0) is 19.8 Å². The topological polar surface area (TPSA) is 126 Å². The van der Waals surface area contributed by atoms with Crippen molar-refractivity contribution in [1.29, 1.82) is 0 Å². The van der Waals surface area contributed by atoms with Crippen molar-refractivity contribution in [3.05, 3.63) is 16.2 Å². The number of nitrogens with zero attached hydrogens (tertiary/aromatic N) is 2. The Morgan fingerprint density at radius 1 is 1.21 bits per heavy atom. The Morgan fingerprint density at radius 2 is 1.95 bits per heavy atom. The lowest BCUT2D eigenvalue weighted by molar-refractivity contribution is 0.546. The lowest BCUT2D eigenvalue weighted by Crippen LogP contribution is -2.14. The van der Waals surface area contributed by atoms with Crippen LogP contribution in [-0.2, 0) is 0 Å². The molecule has 2 atom stereocenters. The zero-order chi connectivity index (χ0) is 14.0. The van der Waals surface area contributed by atoms with Gasteiger partial charge in [0, 0.05) is 12.0 Å². The first-order valence-corrected chi connectivity index (χ1v) is 6.48. The van der Waals surface area contributed by atoms with Crippen LogP contribution in [0.25, 0.3) is 11.2 Å². The van der Waals surface area contributed by atoms with Crippen molar-refractivity contribution in [2.24, 2.45) is 5.73 Å². The molecule has 0 aliphatic carbocycles. The van der Waals surface area contributed by atoms with Gasteiger partial charge in [-0.2, -0.15) is 4.98 Å². The average molecular weight is 264 g/mol. The SMILES string of the molecule is CC(N)CCCC(C)c1nc2nc(N)[nH]c(=O)c2[nH]1. The number of imidazole rings is 1. The first-order valence-electron chi connectivity index (χ1n) is 6.48. The third kappa shape index (κ3) is 3.11. The van der Waals surface area contributed by atoms with Crippen molar-refractivity contribution in [2.45, 2.75) is 45.1 Å². The predicted octanol–water partition coefficient (Wildman–Crippen LogP) is 0.849. The number of fused-ring (bicyclic) bond motifs is 1. The Labute approximate surface area is 110 Å². The number of hydrogen-bond donors (Lipinski definition) is 4. The first-order chi connectivity index (χ1) is 8.97. The van der Waals surface area contributed by atoms with E-state index < -0.39 is 0 Å². The van der Waals surface area contributed by atoms with Crippen LogP contribution in [0.3, 0.4) is 0 Å². The smallest absolute Gasteiger partial charge is 0.278 e. The van der Waals surface area contributed by atoms with E-state index >= 15 is 0 Å². The summed E-state index contributed by atoms with van der Waals surface area (Å²) in [6.07, 6.45) is 2.98. The van der Waals surface area contributed by atoms with Gasteiger partial charge in [-0.15, -0.1) is 0 Å². The van der Waals surface area contributed by atoms with Gasteiger partial charge in [-0.1, -0.05) is 13.3 Å². The number of nitrogens with two attached hydrogens (primary N) is 2. The number of H-pyrrole nitrogens is 2. The Balaban J connectivity index is 2.17. The summed E-state index contributed by atoms with van der Waals surface area (Å²) in [6, 6.07) is 0.215. The van der Waals surface area contributed by atoms with Gasteiger partial charge in [0.1, 0.15) is 5.82 Å². The molecule has 0 amide bonds. The number of rotatable bonds is 5. The van der Waals surface area contributed by atoms with E-state index in [0.29, 0.717) is 11.2 Å². The van der Waals surface area contributed by atoms with E-state index in [1.165, 1.54) is 0 Å². The normalized spacial score (nSPS) is 14.7. The molecule has 0 aromatic carbocycles. The van der Waals surface area contributed by atoms with Gasteiger partial charge in [0.2, 0.25) is 5.95 Å². The van der Waals surface area contributed by atoms with Crippen molar-refractivity contribution in [3.63, 3.8) is 0 Å². The molecule has 0 radical (unpaired) electrons. The molecular weight excluding hydrogens is 244 g/mol. The second-order valence-corrected chi connectivity index (χ2v) is 5.08. The molecule has 7 heteroatoms. The van der Waals surface area contributed by atoms with Crippen molar-refractivity contribution in [3.8, 4) is 0 Å². The number of hydrogen-bond acceptors (Lipinski definition) is 5. The summed E-state index contributed by atoms with van der Waals surface area (Å²) in [5.74, 6) is 1.08. The maximum atomic E-state index is 11.7. The second kappa shape index (κ2) is 5.40. The van der Waals surface area contributed by atoms with Gasteiger partial charge in [0.05, 0.1) is 0 Å². The molecule has 2 aromatic heterocycles. The minimum Gasteiger partial charge on any atom is -0.369 e. The Hall–Kier alpha value is -1.89. The summed E-state index contributed by atoms with van der Waals surface area (Å²) in [6.45, 7) is 4.06. The highest BCUT2D eigenvalue weighted by Crippen LogP contribution is 2.20. The molecular formula is C12H20N6O. The van der Waals surface area contributed by atoms with E-state index in [1.807, 2.05) is 6.92 Å². The lowest BCUT2D eigenvalue weighted by atomic mass is 10.0. The minimum atomic E-state index is -0.288. The van der Waals surface area contributed by atoms with Crippen molar-refractivity contribution < 1.29 is 0 Å². The highest BCUT2D eigenvalue weighted by Gasteiger charge is 2.14. The fourth-order valence-corrected chi connectivity index (χ4v) is 2.06. The Kier molecular flexibility index (Phi) is 3.84. The van der Waals surface area contributed by atoms with Crippen LogP contribution >= 0.6 is 0 Å². The van der Waals surface area contributed by atoms with Gasteiger partial charge < -0.3 is 16.5 Å². The first kappa shape index (κ1) is 13.5. The predicted molar refractivity (Wildman–Crippen MR) is 74.8 cm³/mol. The van der Waals surface area contributed by atoms with Crippen molar-refractivity contribution in [1.82, 2.24) is 19.9 Å². The van der Waals surface area contributed by atoms with Gasteiger partial charge in [-0.25, -0.2) is 4.98 Å². The highest BCUT2D eigenvalue weighted by molar-refractivity contribution is 5.70. The number of nitrogens with one attached hydrogen (secondary N) is 2. The standard InChI is InChI=1S/C12H20N6O/c1-6(4-3-5-7(2)13)9-15-8-10(16-9)17-12(14)18-11(8)19/h6-7H,3-5,13H2,1-2H3,(H4,14,15,16,17,18,19). The van der Waals surface area contributed by atoms with E-state index in [9.17, 15) is 4.79 Å². The second-order valence-electron chi connectivity index (χ2n) is 5.08. The molecule has 7 nitrogen and oxygen atoms in total. The van der Waals surface area contributed by atoms with Crippen LogP contribution in [-0.4, -0.2) is 26.0 Å². The molecule has 2 aromatic rings. The fraction of sp³-hybridized carbons (Fsp3) is 0.583.